The molecule has 0 heterocycles. The quantitative estimate of drug-likeness (QED) is 0.762. The van der Waals surface area contributed by atoms with Crippen LogP contribution in [0.15, 0.2) is 59.5 Å². The third-order valence-electron chi connectivity index (χ3n) is 3.32. The fraction of sp³-hybridized carbons (Fsp3) is 0.235. The van der Waals surface area contributed by atoms with Crippen molar-refractivity contribution in [1.29, 1.82) is 0 Å². The summed E-state index contributed by atoms with van der Waals surface area (Å²) in [6, 6.07) is 16.0. The van der Waals surface area contributed by atoms with Crippen LogP contribution in [0.2, 0.25) is 0 Å². The highest BCUT2D eigenvalue weighted by Crippen LogP contribution is 2.28. The van der Waals surface area contributed by atoms with Crippen molar-refractivity contribution in [2.45, 2.75) is 11.8 Å². The van der Waals surface area contributed by atoms with E-state index in [-0.39, 0.29) is 18.0 Å². The lowest BCUT2D eigenvalue weighted by molar-refractivity contribution is -0.143. The molecule has 23 heavy (non-hydrogen) atoms. The van der Waals surface area contributed by atoms with Crippen LogP contribution in [0.4, 0.5) is 0 Å². The Morgan fingerprint density at radius 3 is 2.30 bits per heavy atom. The first-order chi connectivity index (χ1) is 11.0. The summed E-state index contributed by atoms with van der Waals surface area (Å²) in [6.07, 6.45) is 0. The molecule has 122 valence electrons. The van der Waals surface area contributed by atoms with Gasteiger partial charge >= 0.3 is 5.97 Å². The zero-order valence-corrected chi connectivity index (χ0v) is 13.9. The maximum atomic E-state index is 12.8. The highest BCUT2D eigenvalue weighted by molar-refractivity contribution is 7.89. The summed E-state index contributed by atoms with van der Waals surface area (Å²) < 4.78 is 31.4. The number of benzene rings is 2. The second-order valence-corrected chi connectivity index (χ2v) is 6.94. The molecule has 0 saturated carbocycles. The summed E-state index contributed by atoms with van der Waals surface area (Å²) in [5, 5.41) is 0. The zero-order valence-electron chi connectivity index (χ0n) is 13.1. The molecule has 6 heteroatoms. The van der Waals surface area contributed by atoms with E-state index in [1.54, 1.807) is 31.2 Å². The van der Waals surface area contributed by atoms with E-state index in [0.717, 1.165) is 9.87 Å². The highest BCUT2D eigenvalue weighted by Gasteiger charge is 2.26. The molecule has 0 amide bonds. The molecule has 0 bridgehead atoms. The van der Waals surface area contributed by atoms with E-state index in [2.05, 4.69) is 0 Å². The van der Waals surface area contributed by atoms with Crippen molar-refractivity contribution in [2.75, 3.05) is 20.2 Å². The lowest BCUT2D eigenvalue weighted by Gasteiger charge is -2.18. The predicted octanol–water partition coefficient (Wildman–Crippen LogP) is 2.54. The average molecular weight is 333 g/mol. The van der Waals surface area contributed by atoms with Gasteiger partial charge in [-0.25, -0.2) is 8.42 Å². The molecule has 0 aromatic heterocycles. The van der Waals surface area contributed by atoms with Crippen molar-refractivity contribution in [1.82, 2.24) is 4.31 Å². The van der Waals surface area contributed by atoms with Gasteiger partial charge in [0.25, 0.3) is 0 Å². The fourth-order valence-corrected chi connectivity index (χ4v) is 3.51. The van der Waals surface area contributed by atoms with Gasteiger partial charge in [-0.3, -0.25) is 4.79 Å². The number of hydrogen-bond donors (Lipinski definition) is 0. The van der Waals surface area contributed by atoms with E-state index < -0.39 is 16.0 Å². The van der Waals surface area contributed by atoms with Crippen LogP contribution in [0.5, 0.6) is 0 Å². The molecule has 5 nitrogen and oxygen atoms in total. The van der Waals surface area contributed by atoms with Gasteiger partial charge in [0.2, 0.25) is 10.0 Å². The van der Waals surface area contributed by atoms with Crippen LogP contribution in [-0.2, 0) is 19.6 Å². The number of carbonyl (C=O) groups excluding carboxylic acids is 1. The minimum atomic E-state index is -3.80. The van der Waals surface area contributed by atoms with Gasteiger partial charge in [-0.15, -0.1) is 0 Å². The molecule has 0 saturated heterocycles. The monoisotopic (exact) mass is 333 g/mol. The number of hydrogen-bond acceptors (Lipinski definition) is 4. The van der Waals surface area contributed by atoms with Gasteiger partial charge in [-0.2, -0.15) is 4.31 Å². The molecule has 0 aliphatic carbocycles. The Morgan fingerprint density at radius 1 is 1.04 bits per heavy atom. The van der Waals surface area contributed by atoms with Crippen LogP contribution in [0, 0.1) is 0 Å². The second kappa shape index (κ2) is 7.39. The van der Waals surface area contributed by atoms with Crippen molar-refractivity contribution in [3.8, 4) is 11.1 Å². The largest absolute Gasteiger partial charge is 0.465 e. The first-order valence-electron chi connectivity index (χ1n) is 7.23. The smallest absolute Gasteiger partial charge is 0.321 e. The van der Waals surface area contributed by atoms with Crippen LogP contribution < -0.4 is 0 Å². The Morgan fingerprint density at radius 2 is 1.65 bits per heavy atom. The molecule has 2 aromatic carbocycles. The molecule has 0 atom stereocenters. The van der Waals surface area contributed by atoms with E-state index in [1.807, 2.05) is 30.3 Å². The molecule has 0 aliphatic heterocycles. The number of esters is 1. The average Bonchev–Trinajstić information content (AvgIpc) is 2.55. The molecule has 0 N–H and O–H groups in total. The SMILES string of the molecule is CCOC(=O)CN(C)S(=O)(=O)c1ccccc1-c1ccccc1. The first kappa shape index (κ1) is 17.2. The molecule has 0 fully saturated rings. The second-order valence-electron chi connectivity index (χ2n) is 4.93. The predicted molar refractivity (Wildman–Crippen MR) is 88.3 cm³/mol. The Balaban J connectivity index is 2.39. The van der Waals surface area contributed by atoms with E-state index in [4.69, 9.17) is 4.74 Å². The molecular weight excluding hydrogens is 314 g/mol. The van der Waals surface area contributed by atoms with E-state index in [0.29, 0.717) is 5.56 Å². The summed E-state index contributed by atoms with van der Waals surface area (Å²) >= 11 is 0. The Kier molecular flexibility index (Phi) is 5.52. The van der Waals surface area contributed by atoms with Crippen LogP contribution in [-0.4, -0.2) is 38.9 Å². The minimum absolute atomic E-state index is 0.165. The molecule has 0 aliphatic rings. The molecule has 0 unspecified atom stereocenters. The van der Waals surface area contributed by atoms with Gasteiger partial charge in [0, 0.05) is 12.6 Å². The summed E-state index contributed by atoms with van der Waals surface area (Å²) in [7, 11) is -2.43. The van der Waals surface area contributed by atoms with Crippen LogP contribution in [0.1, 0.15) is 6.92 Å². The molecule has 2 aromatic rings. The highest BCUT2D eigenvalue weighted by atomic mass is 32.2. The Labute approximate surface area is 136 Å². The van der Waals surface area contributed by atoms with Crippen molar-refractivity contribution < 1.29 is 17.9 Å². The molecule has 2 rings (SSSR count). The van der Waals surface area contributed by atoms with Crippen molar-refractivity contribution in [3.05, 3.63) is 54.6 Å². The molecule has 0 radical (unpaired) electrons. The summed E-state index contributed by atoms with van der Waals surface area (Å²) in [6.45, 7) is 1.57. The lowest BCUT2D eigenvalue weighted by atomic mass is 10.1. The zero-order chi connectivity index (χ0) is 16.9. The maximum Gasteiger partial charge on any atom is 0.321 e. The standard InChI is InChI=1S/C17H19NO4S/c1-3-22-17(19)13-18(2)23(20,21)16-12-8-7-11-15(16)14-9-5-4-6-10-14/h4-12H,3,13H2,1-2H3. The van der Waals surface area contributed by atoms with Gasteiger partial charge in [0.1, 0.15) is 6.54 Å². The number of likely N-dealkylation sites (N-methyl/N-ethyl adjacent to an activating group) is 1. The molecular formula is C17H19NO4S. The van der Waals surface area contributed by atoms with Crippen molar-refractivity contribution in [2.24, 2.45) is 0 Å². The third kappa shape index (κ3) is 3.97. The number of sulfonamides is 1. The van der Waals surface area contributed by atoms with Gasteiger partial charge in [0.05, 0.1) is 11.5 Å². The first-order valence-corrected chi connectivity index (χ1v) is 8.67. The van der Waals surface area contributed by atoms with Crippen LogP contribution >= 0.6 is 0 Å². The number of nitrogens with zero attached hydrogens (tertiary/aromatic N) is 1. The summed E-state index contributed by atoms with van der Waals surface area (Å²) in [4.78, 5) is 11.7. The number of ether oxygens (including phenoxy) is 1. The lowest BCUT2D eigenvalue weighted by Crippen LogP contribution is -2.33. The fourth-order valence-electron chi connectivity index (χ4n) is 2.19. The van der Waals surface area contributed by atoms with E-state index in [9.17, 15) is 13.2 Å². The summed E-state index contributed by atoms with van der Waals surface area (Å²) in [5.41, 5.74) is 1.40. The molecule has 0 spiro atoms. The van der Waals surface area contributed by atoms with Gasteiger partial charge in [-0.1, -0.05) is 48.5 Å². The van der Waals surface area contributed by atoms with Gasteiger partial charge < -0.3 is 4.74 Å². The van der Waals surface area contributed by atoms with Gasteiger partial charge in [0.15, 0.2) is 0 Å². The normalized spacial score (nSPS) is 11.4. The maximum absolute atomic E-state index is 12.8. The minimum Gasteiger partial charge on any atom is -0.465 e. The number of rotatable bonds is 6. The van der Waals surface area contributed by atoms with Crippen molar-refractivity contribution in [3.63, 3.8) is 0 Å². The Bertz CT molecular complexity index is 772. The number of carbonyl (C=O) groups is 1. The van der Waals surface area contributed by atoms with E-state index in [1.165, 1.54) is 7.05 Å². The Hall–Kier alpha value is -2.18. The topological polar surface area (TPSA) is 63.7 Å². The van der Waals surface area contributed by atoms with Crippen molar-refractivity contribution >= 4 is 16.0 Å². The van der Waals surface area contributed by atoms with E-state index >= 15 is 0 Å². The van der Waals surface area contributed by atoms with Gasteiger partial charge in [-0.05, 0) is 18.6 Å². The van der Waals surface area contributed by atoms with Crippen LogP contribution in [0.25, 0.3) is 11.1 Å². The third-order valence-corrected chi connectivity index (χ3v) is 5.18. The summed E-state index contributed by atoms with van der Waals surface area (Å²) in [5.74, 6) is -0.573. The van der Waals surface area contributed by atoms with Crippen LogP contribution in [0.3, 0.4) is 0 Å².